The second-order valence-corrected chi connectivity index (χ2v) is 4.06. The molecule has 1 aromatic heterocycles. The molecule has 0 amide bonds. The molecule has 0 aliphatic carbocycles. The first-order chi connectivity index (χ1) is 8.43. The van der Waals surface area contributed by atoms with Crippen LogP contribution >= 0.6 is 11.6 Å². The number of aliphatic imine (C=N–C) groups is 1. The van der Waals surface area contributed by atoms with Crippen molar-refractivity contribution < 1.29 is 8.78 Å². The maximum Gasteiger partial charge on any atom is 0.189 e. The van der Waals surface area contributed by atoms with Crippen molar-refractivity contribution in [3.63, 3.8) is 0 Å². The van der Waals surface area contributed by atoms with Crippen LogP contribution in [0.1, 0.15) is 19.5 Å². The average molecular weight is 271 g/mol. The highest BCUT2D eigenvalue weighted by molar-refractivity contribution is 6.31. The lowest BCUT2D eigenvalue weighted by Crippen LogP contribution is -1.93. The number of pyridine rings is 1. The molecule has 1 heterocycles. The van der Waals surface area contributed by atoms with Gasteiger partial charge in [0.15, 0.2) is 11.6 Å². The first kappa shape index (κ1) is 14.5. The van der Waals surface area contributed by atoms with Crippen molar-refractivity contribution in [1.82, 2.24) is 4.98 Å². The van der Waals surface area contributed by atoms with Gasteiger partial charge in [0.1, 0.15) is 5.82 Å². The highest BCUT2D eigenvalue weighted by atomic mass is 35.5. The van der Waals surface area contributed by atoms with E-state index in [-0.39, 0.29) is 11.5 Å². The lowest BCUT2D eigenvalue weighted by Gasteiger charge is -2.00. The number of rotatable bonds is 3. The summed E-state index contributed by atoms with van der Waals surface area (Å²) in [5, 5.41) is 0.549. The van der Waals surface area contributed by atoms with Gasteiger partial charge in [0, 0.05) is 16.8 Å². The summed E-state index contributed by atoms with van der Waals surface area (Å²) in [5.74, 6) is -1.60. The molecule has 96 valence electrons. The molecule has 0 saturated heterocycles. The van der Waals surface area contributed by atoms with Crippen LogP contribution in [0.15, 0.2) is 34.3 Å². The molecule has 0 aromatic carbocycles. The largest absolute Gasteiger partial charge is 0.231 e. The summed E-state index contributed by atoms with van der Waals surface area (Å²) in [7, 11) is 0. The Morgan fingerprint density at radius 3 is 2.61 bits per heavy atom. The van der Waals surface area contributed by atoms with E-state index in [1.165, 1.54) is 6.92 Å². The molecular weight excluding hydrogens is 258 g/mol. The molecular formula is C13H13ClF2N2. The van der Waals surface area contributed by atoms with Crippen LogP contribution in [-0.4, -0.2) is 10.7 Å². The van der Waals surface area contributed by atoms with Gasteiger partial charge in [-0.15, -0.1) is 0 Å². The number of aromatic nitrogens is 1. The van der Waals surface area contributed by atoms with E-state index >= 15 is 0 Å². The second-order valence-electron chi connectivity index (χ2n) is 3.62. The van der Waals surface area contributed by atoms with E-state index in [0.717, 1.165) is 6.07 Å². The number of aryl methyl sites for hydroxylation is 1. The van der Waals surface area contributed by atoms with E-state index in [1.807, 2.05) is 0 Å². The van der Waals surface area contributed by atoms with E-state index in [0.29, 0.717) is 10.7 Å². The van der Waals surface area contributed by atoms with E-state index in [1.54, 1.807) is 32.1 Å². The molecule has 18 heavy (non-hydrogen) atoms. The Kier molecular flexibility index (Phi) is 5.16. The number of allylic oxidation sites excluding steroid dienone is 4. The van der Waals surface area contributed by atoms with Crippen LogP contribution in [0.4, 0.5) is 14.6 Å². The molecule has 0 atom stereocenters. The van der Waals surface area contributed by atoms with Gasteiger partial charge >= 0.3 is 0 Å². The summed E-state index contributed by atoms with van der Waals surface area (Å²) in [6, 6.07) is 0.775. The molecule has 0 saturated carbocycles. The molecule has 0 aliphatic rings. The maximum atomic E-state index is 13.4. The summed E-state index contributed by atoms with van der Waals surface area (Å²) in [6.45, 7) is 4.93. The highest BCUT2D eigenvalue weighted by Crippen LogP contribution is 2.18. The van der Waals surface area contributed by atoms with Crippen molar-refractivity contribution in [3.8, 4) is 0 Å². The molecule has 0 radical (unpaired) electrons. The Bertz CT molecular complexity index is 534. The van der Waals surface area contributed by atoms with Gasteiger partial charge in [0.05, 0.1) is 5.69 Å². The van der Waals surface area contributed by atoms with Crippen molar-refractivity contribution >= 4 is 23.1 Å². The molecule has 0 bridgehead atoms. The Balaban J connectivity index is 3.02. The van der Waals surface area contributed by atoms with Gasteiger partial charge in [-0.3, -0.25) is 0 Å². The van der Waals surface area contributed by atoms with Crippen LogP contribution in [0.3, 0.4) is 0 Å². The summed E-state index contributed by atoms with van der Waals surface area (Å²) in [4.78, 5) is 7.70. The van der Waals surface area contributed by atoms with E-state index in [4.69, 9.17) is 11.6 Å². The van der Waals surface area contributed by atoms with Gasteiger partial charge in [-0.25, -0.2) is 18.8 Å². The van der Waals surface area contributed by atoms with E-state index in [9.17, 15) is 8.78 Å². The predicted octanol–water partition coefficient (Wildman–Crippen LogP) is 4.46. The standard InChI is InChI=1S/C13H13ClF2N2/c1-4-10(14)6-5-8(2)17-13-12(16)7-11(15)9(3)18-13/h4-7H,1-3H3/b6-5-,10-4+,17-8?. The van der Waals surface area contributed by atoms with Gasteiger partial charge in [-0.1, -0.05) is 17.7 Å². The van der Waals surface area contributed by atoms with Crippen LogP contribution in [0.5, 0.6) is 0 Å². The van der Waals surface area contributed by atoms with Gasteiger partial charge in [0.2, 0.25) is 0 Å². The first-order valence-corrected chi connectivity index (χ1v) is 5.69. The zero-order valence-electron chi connectivity index (χ0n) is 10.3. The summed E-state index contributed by atoms with van der Waals surface area (Å²) < 4.78 is 26.4. The lowest BCUT2D eigenvalue weighted by atomic mass is 10.3. The van der Waals surface area contributed by atoms with Gasteiger partial charge in [0.25, 0.3) is 0 Å². The second kappa shape index (κ2) is 6.40. The minimum absolute atomic E-state index is 0.110. The first-order valence-electron chi connectivity index (χ1n) is 5.32. The highest BCUT2D eigenvalue weighted by Gasteiger charge is 2.07. The molecule has 5 heteroatoms. The van der Waals surface area contributed by atoms with Crippen molar-refractivity contribution in [1.29, 1.82) is 0 Å². The molecule has 0 fully saturated rings. The van der Waals surface area contributed by atoms with Crippen molar-refractivity contribution in [2.45, 2.75) is 20.8 Å². The lowest BCUT2D eigenvalue weighted by molar-refractivity contribution is 0.567. The third-order valence-electron chi connectivity index (χ3n) is 2.13. The zero-order valence-corrected chi connectivity index (χ0v) is 11.1. The fourth-order valence-corrected chi connectivity index (χ4v) is 1.19. The quantitative estimate of drug-likeness (QED) is 0.588. The Morgan fingerprint density at radius 1 is 1.33 bits per heavy atom. The van der Waals surface area contributed by atoms with Crippen LogP contribution in [0.25, 0.3) is 0 Å². The molecule has 0 N–H and O–H groups in total. The molecule has 0 spiro atoms. The normalized spacial score (nSPS) is 13.4. The van der Waals surface area contributed by atoms with Gasteiger partial charge in [-0.05, 0) is 32.9 Å². The SMILES string of the molecule is C/C=C(Cl)\C=C/C(C)=Nc1nc(C)c(F)cc1F. The monoisotopic (exact) mass is 270 g/mol. The number of hydrogen-bond donors (Lipinski definition) is 0. The van der Waals surface area contributed by atoms with Crippen LogP contribution in [-0.2, 0) is 0 Å². The fraction of sp³-hybridized carbons (Fsp3) is 0.231. The van der Waals surface area contributed by atoms with Gasteiger partial charge in [-0.2, -0.15) is 0 Å². The van der Waals surface area contributed by atoms with E-state index in [2.05, 4.69) is 9.98 Å². The fourth-order valence-electron chi connectivity index (χ4n) is 1.13. The van der Waals surface area contributed by atoms with Crippen LogP contribution in [0, 0.1) is 18.6 Å². The van der Waals surface area contributed by atoms with Crippen LogP contribution in [0.2, 0.25) is 0 Å². The number of halogens is 3. The Morgan fingerprint density at radius 2 is 2.00 bits per heavy atom. The predicted molar refractivity (Wildman–Crippen MR) is 70.4 cm³/mol. The van der Waals surface area contributed by atoms with Crippen molar-refractivity contribution in [2.24, 2.45) is 4.99 Å². The molecule has 0 unspecified atom stereocenters. The average Bonchev–Trinajstić information content (AvgIpc) is 2.33. The Labute approximate surface area is 110 Å². The third-order valence-corrected chi connectivity index (χ3v) is 2.47. The van der Waals surface area contributed by atoms with E-state index < -0.39 is 11.6 Å². The van der Waals surface area contributed by atoms with Crippen molar-refractivity contribution in [3.05, 3.63) is 46.7 Å². The third kappa shape index (κ3) is 4.04. The van der Waals surface area contributed by atoms with Crippen LogP contribution < -0.4 is 0 Å². The van der Waals surface area contributed by atoms with Gasteiger partial charge < -0.3 is 0 Å². The molecule has 2 nitrogen and oxygen atoms in total. The maximum absolute atomic E-state index is 13.4. The molecule has 1 rings (SSSR count). The molecule has 0 aliphatic heterocycles. The minimum Gasteiger partial charge on any atom is -0.231 e. The number of nitrogens with zero attached hydrogens (tertiary/aromatic N) is 2. The molecule has 1 aromatic rings. The van der Waals surface area contributed by atoms with Crippen molar-refractivity contribution in [2.75, 3.05) is 0 Å². The summed E-state index contributed by atoms with van der Waals surface area (Å²) >= 11 is 5.77. The smallest absolute Gasteiger partial charge is 0.189 e. The number of hydrogen-bond acceptors (Lipinski definition) is 2. The summed E-state index contributed by atoms with van der Waals surface area (Å²) in [5.41, 5.74) is 0.630. The minimum atomic E-state index is -0.789. The summed E-state index contributed by atoms with van der Waals surface area (Å²) in [6.07, 6.45) is 4.98. The topological polar surface area (TPSA) is 25.2 Å². The Hall–Kier alpha value is -1.55. The zero-order chi connectivity index (χ0) is 13.7.